The first-order valence-electron chi connectivity index (χ1n) is 13.0. The van der Waals surface area contributed by atoms with Gasteiger partial charge >= 0.3 is 6.18 Å². The van der Waals surface area contributed by atoms with Gasteiger partial charge in [0.25, 0.3) is 0 Å². The van der Waals surface area contributed by atoms with Gasteiger partial charge in [0, 0.05) is 35.9 Å². The minimum Gasteiger partial charge on any atom is -0.379 e. The van der Waals surface area contributed by atoms with Crippen molar-refractivity contribution in [2.75, 3.05) is 13.2 Å². The van der Waals surface area contributed by atoms with Crippen molar-refractivity contribution in [1.29, 1.82) is 0 Å². The molecule has 2 aliphatic rings. The molecule has 1 atom stereocenters. The molecule has 12 heteroatoms. The smallest absolute Gasteiger partial charge is 0.379 e. The van der Waals surface area contributed by atoms with Gasteiger partial charge in [-0.1, -0.05) is 31.0 Å². The molecule has 1 saturated carbocycles. The third kappa shape index (κ3) is 4.70. The number of alkyl halides is 3. The van der Waals surface area contributed by atoms with E-state index < -0.39 is 17.6 Å². The number of nitrogens with zero attached hydrogens (tertiary/aromatic N) is 5. The number of fused-ring (bicyclic) bond motifs is 1. The average Bonchev–Trinajstić information content (AvgIpc) is 3.61. The number of nitrogens with one attached hydrogen (secondary N) is 2. The van der Waals surface area contributed by atoms with E-state index in [1.165, 1.54) is 6.92 Å². The van der Waals surface area contributed by atoms with Crippen molar-refractivity contribution >= 4 is 10.9 Å². The standard InChI is InChI=1S/C27H30F3N7O2/c1-25(38,33-18-8-3-4-9-18)24-23-19(11-20(32-24)27(28,29)30)22(35-36-23)16-6-5-7-17(10-16)26(13-39-14-26)12-21-34-31-15-37(21)2/h5-7,10-11,15,18,33,38H,3-4,8-9,12-14H2,1-2H3,(H,35,36)/t25-/m1/s1. The van der Waals surface area contributed by atoms with Crippen molar-refractivity contribution in [2.24, 2.45) is 7.05 Å². The van der Waals surface area contributed by atoms with Gasteiger partial charge in [-0.05, 0) is 37.5 Å². The number of halogens is 3. The molecule has 1 aromatic carbocycles. The summed E-state index contributed by atoms with van der Waals surface area (Å²) >= 11 is 0. The van der Waals surface area contributed by atoms with Gasteiger partial charge in [0.05, 0.1) is 18.7 Å². The summed E-state index contributed by atoms with van der Waals surface area (Å²) in [6.07, 6.45) is 1.26. The van der Waals surface area contributed by atoms with E-state index in [1.54, 1.807) is 6.33 Å². The Balaban J connectivity index is 1.43. The van der Waals surface area contributed by atoms with Gasteiger partial charge in [-0.3, -0.25) is 10.4 Å². The first-order valence-corrected chi connectivity index (χ1v) is 13.0. The van der Waals surface area contributed by atoms with Crippen LogP contribution in [0, 0.1) is 0 Å². The molecule has 0 bridgehead atoms. The lowest BCUT2D eigenvalue weighted by molar-refractivity contribution is -0.141. The van der Waals surface area contributed by atoms with Crippen LogP contribution in [0.15, 0.2) is 36.7 Å². The number of ether oxygens (including phenoxy) is 1. The fourth-order valence-electron chi connectivity index (χ4n) is 5.76. The number of benzene rings is 1. The molecule has 0 radical (unpaired) electrons. The second-order valence-corrected chi connectivity index (χ2v) is 10.9. The van der Waals surface area contributed by atoms with Crippen molar-refractivity contribution in [3.63, 3.8) is 0 Å². The molecule has 6 rings (SSSR count). The number of aliphatic hydroxyl groups is 1. The number of rotatable bonds is 7. The lowest BCUT2D eigenvalue weighted by Crippen LogP contribution is -2.49. The monoisotopic (exact) mass is 541 g/mol. The number of aryl methyl sites for hydroxylation is 1. The number of pyridine rings is 1. The Morgan fingerprint density at radius 3 is 2.62 bits per heavy atom. The molecular weight excluding hydrogens is 511 g/mol. The molecule has 2 fully saturated rings. The zero-order valence-electron chi connectivity index (χ0n) is 21.7. The molecule has 1 aliphatic heterocycles. The summed E-state index contributed by atoms with van der Waals surface area (Å²) in [7, 11) is 1.88. The predicted octanol–water partition coefficient (Wildman–Crippen LogP) is 3.98. The van der Waals surface area contributed by atoms with E-state index in [1.807, 2.05) is 35.9 Å². The average molecular weight is 542 g/mol. The van der Waals surface area contributed by atoms with Gasteiger partial charge < -0.3 is 14.4 Å². The van der Waals surface area contributed by atoms with Gasteiger partial charge in [0.1, 0.15) is 29.2 Å². The third-order valence-electron chi connectivity index (χ3n) is 7.95. The number of aromatic nitrogens is 6. The number of H-pyrrole nitrogens is 1. The minimum absolute atomic E-state index is 0.000248. The lowest BCUT2D eigenvalue weighted by atomic mass is 9.75. The normalized spacial score (nSPS) is 19.3. The summed E-state index contributed by atoms with van der Waals surface area (Å²) in [4.78, 5) is 3.88. The Bertz CT molecular complexity index is 1500. The summed E-state index contributed by atoms with van der Waals surface area (Å²) in [6, 6.07) is 8.61. The Kier molecular flexibility index (Phi) is 6.23. The summed E-state index contributed by atoms with van der Waals surface area (Å²) in [6.45, 7) is 2.43. The lowest BCUT2D eigenvalue weighted by Gasteiger charge is -2.41. The maximum Gasteiger partial charge on any atom is 0.433 e. The van der Waals surface area contributed by atoms with Crippen molar-refractivity contribution in [3.8, 4) is 11.3 Å². The van der Waals surface area contributed by atoms with Gasteiger partial charge in [0.15, 0.2) is 5.72 Å². The predicted molar refractivity (Wildman–Crippen MR) is 136 cm³/mol. The fourth-order valence-corrected chi connectivity index (χ4v) is 5.76. The van der Waals surface area contributed by atoms with E-state index in [2.05, 4.69) is 30.7 Å². The van der Waals surface area contributed by atoms with Crippen LogP contribution in [0.1, 0.15) is 55.4 Å². The van der Waals surface area contributed by atoms with Crippen molar-refractivity contribution in [1.82, 2.24) is 35.3 Å². The summed E-state index contributed by atoms with van der Waals surface area (Å²) in [5.41, 5.74) is -1.08. The molecule has 4 heterocycles. The number of aromatic amines is 1. The molecule has 0 amide bonds. The van der Waals surface area contributed by atoms with Gasteiger partial charge in [-0.2, -0.15) is 18.3 Å². The van der Waals surface area contributed by atoms with Gasteiger partial charge in [-0.15, -0.1) is 10.2 Å². The molecule has 4 aromatic rings. The molecule has 206 valence electrons. The second-order valence-electron chi connectivity index (χ2n) is 10.9. The summed E-state index contributed by atoms with van der Waals surface area (Å²) in [5.74, 6) is 0.816. The van der Waals surface area contributed by atoms with Crippen LogP contribution >= 0.6 is 0 Å². The Morgan fingerprint density at radius 2 is 1.97 bits per heavy atom. The van der Waals surface area contributed by atoms with Crippen LogP contribution in [0.4, 0.5) is 13.2 Å². The third-order valence-corrected chi connectivity index (χ3v) is 7.95. The molecule has 39 heavy (non-hydrogen) atoms. The van der Waals surface area contributed by atoms with Crippen LogP contribution < -0.4 is 5.32 Å². The molecule has 3 aromatic heterocycles. The summed E-state index contributed by atoms with van der Waals surface area (Å²) < 4.78 is 49.4. The highest BCUT2D eigenvalue weighted by atomic mass is 19.4. The first kappa shape index (κ1) is 25.9. The number of hydrogen-bond donors (Lipinski definition) is 3. The summed E-state index contributed by atoms with van der Waals surface area (Å²) in [5, 5.41) is 30.2. The van der Waals surface area contributed by atoms with Gasteiger partial charge in [0.2, 0.25) is 0 Å². The van der Waals surface area contributed by atoms with Crippen LogP contribution in [0.25, 0.3) is 22.2 Å². The SMILES string of the molecule is Cn1cnnc1CC1(c2cccc(-c3n[nH]c4c([C@@](C)(O)NC5CCCC5)nc(C(F)(F)F)cc34)c2)COC1. The largest absolute Gasteiger partial charge is 0.433 e. The number of hydrogen-bond acceptors (Lipinski definition) is 7. The Labute approximate surface area is 222 Å². The highest BCUT2D eigenvalue weighted by Gasteiger charge is 2.42. The minimum atomic E-state index is -4.70. The maximum absolute atomic E-state index is 14.0. The molecule has 1 aliphatic carbocycles. The quantitative estimate of drug-likeness (QED) is 0.303. The van der Waals surface area contributed by atoms with E-state index in [4.69, 9.17) is 4.74 Å². The molecular formula is C27H30F3N7O2. The van der Waals surface area contributed by atoms with Crippen molar-refractivity contribution in [2.45, 2.75) is 62.4 Å². The molecule has 1 saturated heterocycles. The van der Waals surface area contributed by atoms with Crippen LogP contribution in [-0.4, -0.2) is 54.3 Å². The molecule has 3 N–H and O–H groups in total. The van der Waals surface area contributed by atoms with Crippen molar-refractivity contribution in [3.05, 3.63) is 59.4 Å². The highest BCUT2D eigenvalue weighted by Crippen LogP contribution is 2.40. The van der Waals surface area contributed by atoms with Gasteiger partial charge in [-0.25, -0.2) is 4.98 Å². The van der Waals surface area contributed by atoms with Crippen LogP contribution in [0.5, 0.6) is 0 Å². The molecule has 0 spiro atoms. The van der Waals surface area contributed by atoms with E-state index in [-0.39, 0.29) is 28.1 Å². The Morgan fingerprint density at radius 1 is 1.21 bits per heavy atom. The Hall–Kier alpha value is -3.35. The van der Waals surface area contributed by atoms with E-state index in [9.17, 15) is 18.3 Å². The van der Waals surface area contributed by atoms with E-state index in [0.717, 1.165) is 43.1 Å². The fraction of sp³-hybridized carbons (Fsp3) is 0.481. The highest BCUT2D eigenvalue weighted by molar-refractivity contribution is 5.94. The zero-order chi connectivity index (χ0) is 27.4. The second kappa shape index (κ2) is 9.39. The van der Waals surface area contributed by atoms with Crippen LogP contribution in [0.2, 0.25) is 0 Å². The van der Waals surface area contributed by atoms with E-state index in [0.29, 0.717) is 30.9 Å². The maximum atomic E-state index is 14.0. The molecule has 0 unspecified atom stereocenters. The first-order chi connectivity index (χ1) is 18.6. The van der Waals surface area contributed by atoms with Crippen LogP contribution in [-0.2, 0) is 35.5 Å². The molecule has 9 nitrogen and oxygen atoms in total. The van der Waals surface area contributed by atoms with E-state index >= 15 is 0 Å². The van der Waals surface area contributed by atoms with Crippen LogP contribution in [0.3, 0.4) is 0 Å². The van der Waals surface area contributed by atoms with Crippen molar-refractivity contribution < 1.29 is 23.0 Å². The zero-order valence-corrected chi connectivity index (χ0v) is 21.7. The topological polar surface area (TPSA) is 114 Å².